The van der Waals surface area contributed by atoms with Crippen LogP contribution in [0.1, 0.15) is 33.6 Å². The third kappa shape index (κ3) is 11.3. The van der Waals surface area contributed by atoms with Crippen molar-refractivity contribution >= 4 is 24.2 Å². The first-order valence-electron chi connectivity index (χ1n) is 5.23. The van der Waals surface area contributed by atoms with E-state index in [0.717, 1.165) is 0 Å². The van der Waals surface area contributed by atoms with Gasteiger partial charge in [-0.25, -0.2) is 0 Å². The maximum absolute atomic E-state index is 11.2. The minimum absolute atomic E-state index is 0. The summed E-state index contributed by atoms with van der Waals surface area (Å²) >= 11 is 0. The van der Waals surface area contributed by atoms with Crippen LogP contribution in [0.5, 0.6) is 0 Å². The van der Waals surface area contributed by atoms with Gasteiger partial charge in [0.15, 0.2) is 0 Å². The Bertz CT molecular complexity index is 220. The van der Waals surface area contributed by atoms with Crippen LogP contribution in [-0.4, -0.2) is 30.4 Å². The number of hydrogen-bond acceptors (Lipinski definition) is 3. The molecule has 0 saturated carbocycles. The second-order valence-corrected chi connectivity index (χ2v) is 4.01. The van der Waals surface area contributed by atoms with Crippen molar-refractivity contribution in [1.29, 1.82) is 0 Å². The molecule has 0 aliphatic carbocycles. The van der Waals surface area contributed by atoms with Gasteiger partial charge in [-0.15, -0.1) is 12.4 Å². The maximum Gasteiger partial charge on any atom is 0.239 e. The first-order chi connectivity index (χ1) is 6.91. The van der Waals surface area contributed by atoms with Gasteiger partial charge < -0.3 is 16.4 Å². The van der Waals surface area contributed by atoms with Gasteiger partial charge in [-0.1, -0.05) is 0 Å². The molecular formula is C10H22ClN3O2. The van der Waals surface area contributed by atoms with E-state index in [-0.39, 0.29) is 42.8 Å². The van der Waals surface area contributed by atoms with E-state index in [9.17, 15) is 9.59 Å². The summed E-state index contributed by atoms with van der Waals surface area (Å²) in [6, 6.07) is 0.110. The van der Waals surface area contributed by atoms with Crippen LogP contribution in [0.15, 0.2) is 0 Å². The first-order valence-corrected chi connectivity index (χ1v) is 5.23. The Morgan fingerprint density at radius 3 is 2.19 bits per heavy atom. The van der Waals surface area contributed by atoms with Crippen LogP contribution in [0.3, 0.4) is 0 Å². The molecule has 0 aromatic rings. The van der Waals surface area contributed by atoms with Gasteiger partial charge >= 0.3 is 0 Å². The SMILES string of the molecule is CC(N)CCC(=O)NCC(=O)NC(C)C.Cl. The van der Waals surface area contributed by atoms with Crippen molar-refractivity contribution in [3.05, 3.63) is 0 Å². The molecule has 0 aromatic heterocycles. The molecule has 0 aliphatic rings. The number of rotatable bonds is 6. The minimum atomic E-state index is -0.167. The Labute approximate surface area is 103 Å². The number of nitrogens with two attached hydrogens (primary N) is 1. The quantitative estimate of drug-likeness (QED) is 0.630. The summed E-state index contributed by atoms with van der Waals surface area (Å²) in [6.07, 6.45) is 1.00. The van der Waals surface area contributed by atoms with E-state index in [4.69, 9.17) is 5.73 Å². The molecule has 2 amide bonds. The van der Waals surface area contributed by atoms with Crippen LogP contribution in [0.2, 0.25) is 0 Å². The van der Waals surface area contributed by atoms with E-state index >= 15 is 0 Å². The van der Waals surface area contributed by atoms with Gasteiger partial charge in [0.25, 0.3) is 0 Å². The van der Waals surface area contributed by atoms with Crippen LogP contribution in [0.25, 0.3) is 0 Å². The summed E-state index contributed by atoms with van der Waals surface area (Å²) in [5.74, 6) is -0.301. The number of halogens is 1. The Balaban J connectivity index is 0. The number of nitrogens with one attached hydrogen (secondary N) is 2. The topological polar surface area (TPSA) is 84.2 Å². The van der Waals surface area contributed by atoms with Gasteiger partial charge in [0.1, 0.15) is 0 Å². The lowest BCUT2D eigenvalue weighted by molar-refractivity contribution is -0.126. The van der Waals surface area contributed by atoms with Crippen molar-refractivity contribution in [2.24, 2.45) is 5.73 Å². The zero-order valence-corrected chi connectivity index (χ0v) is 10.9. The zero-order chi connectivity index (χ0) is 11.8. The lowest BCUT2D eigenvalue weighted by Gasteiger charge is -2.09. The molecule has 0 rings (SSSR count). The highest BCUT2D eigenvalue weighted by molar-refractivity contribution is 5.85. The van der Waals surface area contributed by atoms with Crippen molar-refractivity contribution in [1.82, 2.24) is 10.6 Å². The molecule has 5 nitrogen and oxygen atoms in total. The highest BCUT2D eigenvalue weighted by Crippen LogP contribution is 1.92. The predicted molar refractivity (Wildman–Crippen MR) is 66.4 cm³/mol. The first kappa shape index (κ1) is 17.6. The number of carbonyl (C=O) groups excluding carboxylic acids is 2. The Morgan fingerprint density at radius 1 is 1.19 bits per heavy atom. The van der Waals surface area contributed by atoms with Gasteiger partial charge in [0, 0.05) is 18.5 Å². The van der Waals surface area contributed by atoms with E-state index < -0.39 is 0 Å². The lowest BCUT2D eigenvalue weighted by Crippen LogP contribution is -2.40. The molecule has 96 valence electrons. The summed E-state index contributed by atoms with van der Waals surface area (Å²) in [7, 11) is 0. The molecule has 0 aliphatic heterocycles. The molecule has 0 radical (unpaired) electrons. The fourth-order valence-corrected chi connectivity index (χ4v) is 0.999. The molecule has 0 spiro atoms. The fourth-order valence-electron chi connectivity index (χ4n) is 0.999. The standard InChI is InChI=1S/C10H21N3O2.ClH/c1-7(2)13-10(15)6-12-9(14)5-4-8(3)11;/h7-8H,4-6,11H2,1-3H3,(H,12,14)(H,13,15);1H. The Morgan fingerprint density at radius 2 is 1.75 bits per heavy atom. The largest absolute Gasteiger partial charge is 0.352 e. The van der Waals surface area contributed by atoms with E-state index in [1.807, 2.05) is 20.8 Å². The number of amides is 2. The summed E-state index contributed by atoms with van der Waals surface area (Å²) < 4.78 is 0. The van der Waals surface area contributed by atoms with E-state index in [0.29, 0.717) is 12.8 Å². The highest BCUT2D eigenvalue weighted by Gasteiger charge is 2.06. The molecule has 16 heavy (non-hydrogen) atoms. The zero-order valence-electron chi connectivity index (χ0n) is 10.1. The maximum atomic E-state index is 11.2. The summed E-state index contributed by atoms with van der Waals surface area (Å²) in [5, 5.41) is 5.22. The summed E-state index contributed by atoms with van der Waals surface area (Å²) in [5.41, 5.74) is 5.50. The van der Waals surface area contributed by atoms with Gasteiger partial charge in [-0.05, 0) is 27.2 Å². The monoisotopic (exact) mass is 251 g/mol. The van der Waals surface area contributed by atoms with Crippen LogP contribution < -0.4 is 16.4 Å². The molecule has 0 bridgehead atoms. The molecule has 0 saturated heterocycles. The molecule has 0 heterocycles. The fraction of sp³-hybridized carbons (Fsp3) is 0.800. The molecule has 1 unspecified atom stereocenters. The van der Waals surface area contributed by atoms with Gasteiger partial charge in [0.05, 0.1) is 6.54 Å². The normalized spacial score (nSPS) is 11.6. The average Bonchev–Trinajstić information content (AvgIpc) is 2.10. The molecule has 1 atom stereocenters. The second-order valence-electron chi connectivity index (χ2n) is 4.01. The summed E-state index contributed by atoms with van der Waals surface area (Å²) in [6.45, 7) is 5.63. The molecule has 0 fully saturated rings. The summed E-state index contributed by atoms with van der Waals surface area (Å²) in [4.78, 5) is 22.3. The average molecular weight is 252 g/mol. The molecule has 0 aromatic carbocycles. The smallest absolute Gasteiger partial charge is 0.239 e. The van der Waals surface area contributed by atoms with Crippen LogP contribution in [0, 0.1) is 0 Å². The number of hydrogen-bond donors (Lipinski definition) is 3. The minimum Gasteiger partial charge on any atom is -0.352 e. The van der Waals surface area contributed by atoms with Crippen LogP contribution in [0.4, 0.5) is 0 Å². The second kappa shape index (κ2) is 9.42. The van der Waals surface area contributed by atoms with E-state index in [1.54, 1.807) is 0 Å². The highest BCUT2D eigenvalue weighted by atomic mass is 35.5. The van der Waals surface area contributed by atoms with Crippen molar-refractivity contribution in [2.75, 3.05) is 6.54 Å². The van der Waals surface area contributed by atoms with Crippen molar-refractivity contribution in [3.63, 3.8) is 0 Å². The van der Waals surface area contributed by atoms with Crippen molar-refractivity contribution in [2.45, 2.75) is 45.7 Å². The van der Waals surface area contributed by atoms with Crippen molar-refractivity contribution in [3.8, 4) is 0 Å². The van der Waals surface area contributed by atoms with Gasteiger partial charge in [0.2, 0.25) is 11.8 Å². The number of carbonyl (C=O) groups is 2. The Kier molecular flexibility index (Phi) is 10.3. The lowest BCUT2D eigenvalue weighted by atomic mass is 10.2. The predicted octanol–water partition coefficient (Wildman–Crippen LogP) is 0.176. The van der Waals surface area contributed by atoms with Gasteiger partial charge in [-0.3, -0.25) is 9.59 Å². The third-order valence-corrected chi connectivity index (χ3v) is 1.72. The van der Waals surface area contributed by atoms with E-state index in [1.165, 1.54) is 0 Å². The van der Waals surface area contributed by atoms with Crippen LogP contribution in [-0.2, 0) is 9.59 Å². The van der Waals surface area contributed by atoms with Gasteiger partial charge in [-0.2, -0.15) is 0 Å². The van der Waals surface area contributed by atoms with Crippen molar-refractivity contribution < 1.29 is 9.59 Å². The molecular weight excluding hydrogens is 230 g/mol. The Hall–Kier alpha value is -0.810. The molecule has 6 heteroatoms. The van der Waals surface area contributed by atoms with Crippen LogP contribution >= 0.6 is 12.4 Å². The van der Waals surface area contributed by atoms with E-state index in [2.05, 4.69) is 10.6 Å². The third-order valence-electron chi connectivity index (χ3n) is 1.72. The molecule has 4 N–H and O–H groups in total.